The molecule has 4 rings (SSSR count). The number of likely N-dealkylation sites (tertiary alicyclic amines) is 1. The second-order valence-corrected chi connectivity index (χ2v) is 8.37. The van der Waals surface area contributed by atoms with E-state index in [0.717, 1.165) is 38.0 Å². The van der Waals surface area contributed by atoms with Gasteiger partial charge in [-0.2, -0.15) is 0 Å². The monoisotopic (exact) mass is 380 g/mol. The lowest BCUT2D eigenvalue weighted by Gasteiger charge is -2.43. The average Bonchev–Trinajstić information content (AvgIpc) is 2.93. The summed E-state index contributed by atoms with van der Waals surface area (Å²) in [5.41, 5.74) is 3.85. The largest absolute Gasteiger partial charge is 0.478 e. The topological polar surface area (TPSA) is 64.0 Å². The molecule has 2 atom stereocenters. The van der Waals surface area contributed by atoms with Gasteiger partial charge in [-0.3, -0.25) is 4.90 Å². The predicted octanol–water partition coefficient (Wildman–Crippen LogP) is 2.90. The summed E-state index contributed by atoms with van der Waals surface area (Å²) in [6.45, 7) is 2.66. The summed E-state index contributed by atoms with van der Waals surface area (Å²) in [7, 11) is 4.08. The molecule has 1 fully saturated rings. The molecule has 0 bridgehead atoms. The van der Waals surface area contributed by atoms with Crippen molar-refractivity contribution in [1.82, 2.24) is 9.80 Å². The van der Waals surface area contributed by atoms with Crippen molar-refractivity contribution in [2.75, 3.05) is 27.2 Å². The smallest absolute Gasteiger partial charge is 0.335 e. The van der Waals surface area contributed by atoms with Gasteiger partial charge < -0.3 is 15.1 Å². The number of piperidine rings is 1. The highest BCUT2D eigenvalue weighted by molar-refractivity contribution is 5.87. The molecule has 0 saturated carbocycles. The molecule has 2 N–H and O–H groups in total. The van der Waals surface area contributed by atoms with Gasteiger partial charge in [0.2, 0.25) is 0 Å². The number of carboxylic acids is 1. The number of nitrogens with zero attached hydrogens (tertiary/aromatic N) is 2. The van der Waals surface area contributed by atoms with Gasteiger partial charge in [0.25, 0.3) is 0 Å². The third kappa shape index (κ3) is 3.13. The van der Waals surface area contributed by atoms with Crippen LogP contribution in [0.25, 0.3) is 0 Å². The molecule has 2 aromatic carbocycles. The molecule has 2 aromatic rings. The standard InChI is InChI=1S/C23H28N2O3/c1-24(2)20-18-5-3-4-6-19(18)23(21(20)26)11-13-25(14-12-23)15-16-7-9-17(10-8-16)22(27)28/h3-10,20-21,26H,11-15H2,1-2H3,(H,27,28)/t20-,21+/m1/s1. The minimum atomic E-state index is -0.893. The number of likely N-dealkylation sites (N-methyl/N-ethyl adjacent to an activating group) is 1. The number of fused-ring (bicyclic) bond motifs is 2. The number of hydrogen-bond acceptors (Lipinski definition) is 4. The van der Waals surface area contributed by atoms with E-state index in [1.165, 1.54) is 11.1 Å². The Bertz CT molecular complexity index is 854. The van der Waals surface area contributed by atoms with Gasteiger partial charge in [0, 0.05) is 12.0 Å². The minimum absolute atomic E-state index is 0.0475. The fourth-order valence-corrected chi connectivity index (χ4v) is 5.09. The number of carboxylic acid groups (broad SMARTS) is 1. The normalized spacial score (nSPS) is 23.9. The van der Waals surface area contributed by atoms with Crippen LogP contribution in [0.3, 0.4) is 0 Å². The summed E-state index contributed by atoms with van der Waals surface area (Å²) < 4.78 is 0. The third-order valence-electron chi connectivity index (χ3n) is 6.59. The lowest BCUT2D eigenvalue weighted by molar-refractivity contribution is -0.00392. The van der Waals surface area contributed by atoms with E-state index < -0.39 is 12.1 Å². The van der Waals surface area contributed by atoms with E-state index >= 15 is 0 Å². The van der Waals surface area contributed by atoms with Crippen LogP contribution in [0.5, 0.6) is 0 Å². The van der Waals surface area contributed by atoms with E-state index in [-0.39, 0.29) is 11.5 Å². The van der Waals surface area contributed by atoms with Gasteiger partial charge in [-0.05, 0) is 68.8 Å². The SMILES string of the molecule is CN(C)[C@@H]1c2ccccc2C2(CCN(Cc3ccc(C(=O)O)cc3)CC2)[C@H]1O. The number of aliphatic hydroxyl groups is 1. The van der Waals surface area contributed by atoms with Crippen molar-refractivity contribution in [3.63, 3.8) is 0 Å². The Morgan fingerprint density at radius 1 is 1.11 bits per heavy atom. The van der Waals surface area contributed by atoms with Crippen LogP contribution in [0.2, 0.25) is 0 Å². The number of aromatic carboxylic acids is 1. The molecule has 1 saturated heterocycles. The van der Waals surface area contributed by atoms with Crippen LogP contribution in [0.4, 0.5) is 0 Å². The van der Waals surface area contributed by atoms with Crippen LogP contribution in [0.1, 0.15) is 45.9 Å². The Balaban J connectivity index is 1.49. The van der Waals surface area contributed by atoms with Crippen molar-refractivity contribution in [1.29, 1.82) is 0 Å². The third-order valence-corrected chi connectivity index (χ3v) is 6.59. The van der Waals surface area contributed by atoms with Crippen molar-refractivity contribution in [2.45, 2.75) is 36.9 Å². The Labute approximate surface area is 166 Å². The van der Waals surface area contributed by atoms with E-state index in [2.05, 4.69) is 34.1 Å². The second kappa shape index (κ2) is 7.32. The van der Waals surface area contributed by atoms with Crippen LogP contribution in [0, 0.1) is 0 Å². The molecule has 0 unspecified atom stereocenters. The van der Waals surface area contributed by atoms with E-state index in [0.29, 0.717) is 5.56 Å². The van der Waals surface area contributed by atoms with Crippen molar-refractivity contribution in [3.8, 4) is 0 Å². The lowest BCUT2D eigenvalue weighted by Crippen LogP contribution is -2.49. The summed E-state index contributed by atoms with van der Waals surface area (Å²) in [6, 6.07) is 15.7. The zero-order valence-corrected chi connectivity index (χ0v) is 16.5. The molecule has 5 nitrogen and oxygen atoms in total. The van der Waals surface area contributed by atoms with Crippen LogP contribution < -0.4 is 0 Å². The number of hydrogen-bond donors (Lipinski definition) is 2. The molecule has 148 valence electrons. The zero-order valence-electron chi connectivity index (χ0n) is 16.5. The first-order valence-electron chi connectivity index (χ1n) is 9.91. The fraction of sp³-hybridized carbons (Fsp3) is 0.435. The molecule has 0 radical (unpaired) electrons. The van der Waals surface area contributed by atoms with Crippen molar-refractivity contribution in [3.05, 3.63) is 70.8 Å². The molecule has 28 heavy (non-hydrogen) atoms. The first-order valence-corrected chi connectivity index (χ1v) is 9.91. The van der Waals surface area contributed by atoms with Gasteiger partial charge in [-0.1, -0.05) is 36.4 Å². The summed E-state index contributed by atoms with van der Waals surface area (Å²) in [5, 5.41) is 20.3. The van der Waals surface area contributed by atoms with Gasteiger partial charge in [-0.15, -0.1) is 0 Å². The van der Waals surface area contributed by atoms with E-state index in [1.807, 2.05) is 26.2 Å². The molecule has 1 aliphatic heterocycles. The highest BCUT2D eigenvalue weighted by Gasteiger charge is 2.52. The summed E-state index contributed by atoms with van der Waals surface area (Å²) in [5.74, 6) is -0.893. The van der Waals surface area contributed by atoms with E-state index in [9.17, 15) is 9.90 Å². The van der Waals surface area contributed by atoms with Gasteiger partial charge in [0.1, 0.15) is 0 Å². The maximum atomic E-state index is 11.3. The number of rotatable bonds is 4. The highest BCUT2D eigenvalue weighted by Crippen LogP contribution is 2.52. The molecular weight excluding hydrogens is 352 g/mol. The van der Waals surface area contributed by atoms with Crippen LogP contribution in [-0.2, 0) is 12.0 Å². The lowest BCUT2D eigenvalue weighted by atomic mass is 9.72. The number of benzene rings is 2. The summed E-state index contributed by atoms with van der Waals surface area (Å²) in [4.78, 5) is 15.5. The van der Waals surface area contributed by atoms with Crippen LogP contribution >= 0.6 is 0 Å². The average molecular weight is 380 g/mol. The highest BCUT2D eigenvalue weighted by atomic mass is 16.4. The molecule has 5 heteroatoms. The molecule has 1 spiro atoms. The molecule has 0 amide bonds. The molecule has 2 aliphatic rings. The maximum absolute atomic E-state index is 11.3. The molecule has 1 heterocycles. The fourth-order valence-electron chi connectivity index (χ4n) is 5.09. The molecule has 0 aromatic heterocycles. The predicted molar refractivity (Wildman–Crippen MR) is 108 cm³/mol. The number of aliphatic hydroxyl groups excluding tert-OH is 1. The Kier molecular flexibility index (Phi) is 5.00. The second-order valence-electron chi connectivity index (χ2n) is 8.37. The quantitative estimate of drug-likeness (QED) is 0.854. The van der Waals surface area contributed by atoms with Gasteiger partial charge in [0.05, 0.1) is 17.7 Å². The first kappa shape index (κ1) is 19.1. The maximum Gasteiger partial charge on any atom is 0.335 e. The Morgan fingerprint density at radius 3 is 2.36 bits per heavy atom. The van der Waals surface area contributed by atoms with Crippen LogP contribution in [-0.4, -0.2) is 59.3 Å². The minimum Gasteiger partial charge on any atom is -0.478 e. The zero-order chi connectivity index (χ0) is 19.9. The molecule has 1 aliphatic carbocycles. The Morgan fingerprint density at radius 2 is 1.75 bits per heavy atom. The van der Waals surface area contributed by atoms with Crippen LogP contribution in [0.15, 0.2) is 48.5 Å². The Hall–Kier alpha value is -2.21. The van der Waals surface area contributed by atoms with Crippen molar-refractivity contribution >= 4 is 5.97 Å². The van der Waals surface area contributed by atoms with Gasteiger partial charge >= 0.3 is 5.97 Å². The van der Waals surface area contributed by atoms with Gasteiger partial charge in [-0.25, -0.2) is 4.79 Å². The van der Waals surface area contributed by atoms with Crippen molar-refractivity contribution < 1.29 is 15.0 Å². The van der Waals surface area contributed by atoms with E-state index in [1.54, 1.807) is 12.1 Å². The first-order chi connectivity index (χ1) is 13.4. The van der Waals surface area contributed by atoms with Crippen molar-refractivity contribution in [2.24, 2.45) is 0 Å². The summed E-state index contributed by atoms with van der Waals surface area (Å²) in [6.07, 6.45) is 1.47. The summed E-state index contributed by atoms with van der Waals surface area (Å²) >= 11 is 0. The number of carbonyl (C=O) groups is 1. The van der Waals surface area contributed by atoms with Gasteiger partial charge in [0.15, 0.2) is 0 Å². The van der Waals surface area contributed by atoms with E-state index in [4.69, 9.17) is 5.11 Å². The molecular formula is C23H28N2O3.